The number of benzene rings is 1. The third-order valence-electron chi connectivity index (χ3n) is 4.39. The van der Waals surface area contributed by atoms with Crippen molar-refractivity contribution >= 4 is 24.0 Å². The average Bonchev–Trinajstić information content (AvgIpc) is 2.86. The molecule has 1 aliphatic heterocycles. The predicted octanol–water partition coefficient (Wildman–Crippen LogP) is 3.24. The number of carbonyl (C=O) groups is 1. The molecule has 2 N–H and O–H groups in total. The van der Waals surface area contributed by atoms with Gasteiger partial charge in [-0.15, -0.1) is 12.4 Å². The lowest BCUT2D eigenvalue weighted by Gasteiger charge is -2.27. The number of anilines is 1. The van der Waals surface area contributed by atoms with Gasteiger partial charge in [0.25, 0.3) is 0 Å². The molecule has 0 bridgehead atoms. The number of para-hydroxylation sites is 2. The maximum atomic E-state index is 12.6. The van der Waals surface area contributed by atoms with E-state index in [1.54, 1.807) is 0 Å². The van der Waals surface area contributed by atoms with Crippen molar-refractivity contribution in [3.63, 3.8) is 0 Å². The van der Waals surface area contributed by atoms with Gasteiger partial charge in [-0.25, -0.2) is 4.68 Å². The van der Waals surface area contributed by atoms with Crippen LogP contribution in [0.4, 0.5) is 5.69 Å². The van der Waals surface area contributed by atoms with E-state index in [4.69, 9.17) is 0 Å². The molecule has 1 amide bonds. The molecule has 1 fully saturated rings. The molecule has 0 aliphatic carbocycles. The van der Waals surface area contributed by atoms with Crippen LogP contribution >= 0.6 is 12.4 Å². The fourth-order valence-corrected chi connectivity index (χ4v) is 3.24. The van der Waals surface area contributed by atoms with Crippen molar-refractivity contribution < 1.29 is 4.79 Å². The molecule has 1 aliphatic rings. The van der Waals surface area contributed by atoms with E-state index < -0.39 is 0 Å². The van der Waals surface area contributed by atoms with Gasteiger partial charge in [-0.1, -0.05) is 12.1 Å². The Morgan fingerprint density at radius 3 is 2.75 bits per heavy atom. The highest BCUT2D eigenvalue weighted by Gasteiger charge is 2.25. The molecule has 2 atom stereocenters. The smallest absolute Gasteiger partial charge is 0.227 e. The van der Waals surface area contributed by atoms with Gasteiger partial charge in [0.1, 0.15) is 0 Å². The number of hydrogen-bond donors (Lipinski definition) is 2. The third-order valence-corrected chi connectivity index (χ3v) is 4.39. The van der Waals surface area contributed by atoms with E-state index in [2.05, 4.69) is 22.7 Å². The van der Waals surface area contributed by atoms with E-state index in [9.17, 15) is 4.79 Å². The summed E-state index contributed by atoms with van der Waals surface area (Å²) in [6.07, 6.45) is 1.77. The molecular formula is C18H25ClN4O. The summed E-state index contributed by atoms with van der Waals surface area (Å²) in [5.41, 5.74) is 3.75. The molecule has 6 heteroatoms. The Morgan fingerprint density at radius 2 is 2.08 bits per heavy atom. The molecule has 1 aromatic carbocycles. The fourth-order valence-electron chi connectivity index (χ4n) is 3.24. The van der Waals surface area contributed by atoms with Crippen LogP contribution in [0.1, 0.15) is 31.2 Å². The topological polar surface area (TPSA) is 59.0 Å². The second-order valence-electron chi connectivity index (χ2n) is 6.42. The van der Waals surface area contributed by atoms with Crippen molar-refractivity contribution in [3.05, 3.63) is 41.7 Å². The maximum absolute atomic E-state index is 12.6. The third kappa shape index (κ3) is 3.97. The summed E-state index contributed by atoms with van der Waals surface area (Å²) < 4.78 is 1.88. The molecule has 0 radical (unpaired) electrons. The molecule has 5 nitrogen and oxygen atoms in total. The highest BCUT2D eigenvalue weighted by Crippen LogP contribution is 2.24. The molecule has 3 rings (SSSR count). The number of rotatable bonds is 3. The monoisotopic (exact) mass is 348 g/mol. The fraction of sp³-hybridized carbons (Fsp3) is 0.444. The van der Waals surface area contributed by atoms with Crippen LogP contribution < -0.4 is 10.6 Å². The highest BCUT2D eigenvalue weighted by molar-refractivity contribution is 5.94. The maximum Gasteiger partial charge on any atom is 0.227 e. The summed E-state index contributed by atoms with van der Waals surface area (Å²) in [5.74, 6) is 0.173. The van der Waals surface area contributed by atoms with Crippen LogP contribution in [0.25, 0.3) is 5.69 Å². The first-order valence-electron chi connectivity index (χ1n) is 8.21. The summed E-state index contributed by atoms with van der Waals surface area (Å²) in [4.78, 5) is 12.6. The van der Waals surface area contributed by atoms with E-state index >= 15 is 0 Å². The Morgan fingerprint density at radius 1 is 1.33 bits per heavy atom. The summed E-state index contributed by atoms with van der Waals surface area (Å²) >= 11 is 0. The van der Waals surface area contributed by atoms with Crippen LogP contribution in [0.3, 0.4) is 0 Å². The number of hydrogen-bond acceptors (Lipinski definition) is 3. The standard InChI is InChI=1S/C18H24N4O.ClH/c1-12-11-15(8-9-19-12)18(23)20-16-6-4-5-7-17(16)22-14(3)10-13(2)21-22;/h4-7,10,12,15,19H,8-9,11H2,1-3H3,(H,20,23);1H/t12-,15-;/m0./s1. The van der Waals surface area contributed by atoms with E-state index in [-0.39, 0.29) is 24.2 Å². The first-order valence-corrected chi connectivity index (χ1v) is 8.21. The Labute approximate surface area is 149 Å². The van der Waals surface area contributed by atoms with Crippen molar-refractivity contribution in [1.82, 2.24) is 15.1 Å². The lowest BCUT2D eigenvalue weighted by atomic mass is 9.92. The molecule has 1 saturated heterocycles. The van der Waals surface area contributed by atoms with Crippen LogP contribution in [0.2, 0.25) is 0 Å². The number of carbonyl (C=O) groups excluding carboxylic acids is 1. The SMILES string of the molecule is Cc1cc(C)n(-c2ccccc2NC(=O)[C@H]2CCN[C@@H](C)C2)n1.Cl. The van der Waals surface area contributed by atoms with E-state index in [1.807, 2.05) is 48.9 Å². The molecule has 0 spiro atoms. The van der Waals surface area contributed by atoms with Gasteiger partial charge in [-0.3, -0.25) is 4.79 Å². The Bertz CT molecular complexity index is 713. The van der Waals surface area contributed by atoms with Crippen LogP contribution in [-0.2, 0) is 4.79 Å². The van der Waals surface area contributed by atoms with Gasteiger partial charge in [0.2, 0.25) is 5.91 Å². The van der Waals surface area contributed by atoms with Gasteiger partial charge < -0.3 is 10.6 Å². The van der Waals surface area contributed by atoms with E-state index in [1.165, 1.54) is 0 Å². The summed E-state index contributed by atoms with van der Waals surface area (Å²) in [6, 6.07) is 10.3. The van der Waals surface area contributed by atoms with Gasteiger partial charge in [0.05, 0.1) is 17.1 Å². The first-order chi connectivity index (χ1) is 11.0. The Kier molecular flexibility index (Phi) is 6.02. The van der Waals surface area contributed by atoms with Gasteiger partial charge in [0, 0.05) is 17.7 Å². The number of aryl methyl sites for hydroxylation is 2. The van der Waals surface area contributed by atoms with E-state index in [0.29, 0.717) is 6.04 Å². The van der Waals surface area contributed by atoms with Crippen LogP contribution in [0, 0.1) is 19.8 Å². The quantitative estimate of drug-likeness (QED) is 0.895. The van der Waals surface area contributed by atoms with Gasteiger partial charge in [-0.05, 0) is 58.4 Å². The number of nitrogens with one attached hydrogen (secondary N) is 2. The second kappa shape index (κ2) is 7.81. The highest BCUT2D eigenvalue weighted by atomic mass is 35.5. The molecule has 24 heavy (non-hydrogen) atoms. The molecule has 0 saturated carbocycles. The van der Waals surface area contributed by atoms with Crippen LogP contribution in [-0.4, -0.2) is 28.3 Å². The summed E-state index contributed by atoms with van der Waals surface area (Å²) in [7, 11) is 0. The van der Waals surface area contributed by atoms with E-state index in [0.717, 1.165) is 42.1 Å². The number of aromatic nitrogens is 2. The van der Waals surface area contributed by atoms with Crippen molar-refractivity contribution in [2.45, 2.75) is 39.7 Å². The number of nitrogens with zero attached hydrogens (tertiary/aromatic N) is 2. The molecular weight excluding hydrogens is 324 g/mol. The lowest BCUT2D eigenvalue weighted by molar-refractivity contribution is -0.120. The van der Waals surface area contributed by atoms with Gasteiger partial charge in [-0.2, -0.15) is 5.10 Å². The number of amides is 1. The largest absolute Gasteiger partial charge is 0.324 e. The minimum Gasteiger partial charge on any atom is -0.324 e. The van der Waals surface area contributed by atoms with Crippen molar-refractivity contribution in [1.29, 1.82) is 0 Å². The zero-order valence-electron chi connectivity index (χ0n) is 14.4. The first kappa shape index (κ1) is 18.5. The Hall–Kier alpha value is -1.85. The minimum atomic E-state index is 0. The summed E-state index contributed by atoms with van der Waals surface area (Å²) in [5, 5.41) is 11.0. The normalized spacial score (nSPS) is 20.3. The molecule has 0 unspecified atom stereocenters. The second-order valence-corrected chi connectivity index (χ2v) is 6.42. The summed E-state index contributed by atoms with van der Waals surface area (Å²) in [6.45, 7) is 7.02. The van der Waals surface area contributed by atoms with Crippen molar-refractivity contribution in [2.75, 3.05) is 11.9 Å². The van der Waals surface area contributed by atoms with Gasteiger partial charge in [0.15, 0.2) is 0 Å². The molecule has 2 aromatic rings. The number of halogens is 1. The molecule has 1 aromatic heterocycles. The minimum absolute atomic E-state index is 0. The van der Waals surface area contributed by atoms with Crippen molar-refractivity contribution in [3.8, 4) is 5.69 Å². The van der Waals surface area contributed by atoms with Crippen molar-refractivity contribution in [2.24, 2.45) is 5.92 Å². The number of piperidine rings is 1. The van der Waals surface area contributed by atoms with Crippen LogP contribution in [0.5, 0.6) is 0 Å². The zero-order chi connectivity index (χ0) is 16.4. The Balaban J connectivity index is 0.00000208. The van der Waals surface area contributed by atoms with Gasteiger partial charge >= 0.3 is 0 Å². The molecule has 2 heterocycles. The molecule has 130 valence electrons. The average molecular weight is 349 g/mol. The lowest BCUT2D eigenvalue weighted by Crippen LogP contribution is -2.40. The predicted molar refractivity (Wildman–Crippen MR) is 99.1 cm³/mol. The zero-order valence-corrected chi connectivity index (χ0v) is 15.2. The van der Waals surface area contributed by atoms with Crippen LogP contribution in [0.15, 0.2) is 30.3 Å².